The van der Waals surface area contributed by atoms with E-state index in [1.54, 1.807) is 25.1 Å². The van der Waals surface area contributed by atoms with Gasteiger partial charge in [-0.05, 0) is 26.2 Å². The summed E-state index contributed by atoms with van der Waals surface area (Å²) in [5, 5.41) is 18.4. The number of aliphatic carboxylic acids is 1. The van der Waals surface area contributed by atoms with Crippen LogP contribution in [-0.4, -0.2) is 31.6 Å². The second-order valence-electron chi connectivity index (χ2n) is 6.86. The molecule has 2 heterocycles. The smallest absolute Gasteiger partial charge is 0.252 e. The number of rotatable bonds is 6. The molecule has 0 unspecified atom stereocenters. The van der Waals surface area contributed by atoms with Gasteiger partial charge in [-0.3, -0.25) is 14.6 Å². The molecule has 2 N–H and O–H groups in total. The van der Waals surface area contributed by atoms with Gasteiger partial charge in [-0.2, -0.15) is 9.78 Å². The maximum atomic E-state index is 12.7. The normalized spacial score (nSPS) is 18.8. The van der Waals surface area contributed by atoms with Crippen molar-refractivity contribution in [3.63, 3.8) is 0 Å². The van der Waals surface area contributed by atoms with Gasteiger partial charge in [0.1, 0.15) is 5.82 Å². The Balaban J connectivity index is 1.91. The fourth-order valence-corrected chi connectivity index (χ4v) is 3.31. The number of carbonyl (C=O) groups excluding carboxylic acids is 2. The number of H-pyrrole nitrogens is 1. The van der Waals surface area contributed by atoms with Crippen LogP contribution in [0, 0.1) is 18.8 Å². The first-order valence-electron chi connectivity index (χ1n) is 9.23. The molecule has 2 aromatic heterocycles. The van der Waals surface area contributed by atoms with Crippen molar-refractivity contribution < 1.29 is 14.7 Å². The molecule has 1 aliphatic carbocycles. The zero-order chi connectivity index (χ0) is 20.3. The molecule has 0 fully saturated rings. The van der Waals surface area contributed by atoms with E-state index >= 15 is 0 Å². The Kier molecular flexibility index (Phi) is 5.72. The third kappa shape index (κ3) is 4.19. The highest BCUT2D eigenvalue weighted by atomic mass is 16.4. The van der Waals surface area contributed by atoms with E-state index in [2.05, 4.69) is 20.4 Å². The molecule has 9 heteroatoms. The van der Waals surface area contributed by atoms with Crippen molar-refractivity contribution >= 4 is 17.7 Å². The summed E-state index contributed by atoms with van der Waals surface area (Å²) in [5.41, 5.74) is 0.924. The zero-order valence-corrected chi connectivity index (χ0v) is 15.8. The molecule has 3 rings (SSSR count). The SMILES string of the molecule is CCCc1cc(=O)[nH]c(-n2nc(C)cc2NC(=O)[C@H]2CC=CC[C@H]2C(=O)[O-])n1. The molecule has 2 aromatic rings. The Labute approximate surface area is 161 Å². The van der Waals surface area contributed by atoms with Crippen LogP contribution < -0.4 is 16.0 Å². The number of nitrogens with one attached hydrogen (secondary N) is 2. The molecule has 1 amide bonds. The fourth-order valence-electron chi connectivity index (χ4n) is 3.31. The van der Waals surface area contributed by atoms with Crippen molar-refractivity contribution in [1.82, 2.24) is 19.7 Å². The molecular weight excluding hydrogens is 362 g/mol. The quantitative estimate of drug-likeness (QED) is 0.696. The molecular formula is C19H22N5O4-. The van der Waals surface area contributed by atoms with Crippen LogP contribution in [0.5, 0.6) is 0 Å². The lowest BCUT2D eigenvalue weighted by Crippen LogP contribution is -2.41. The zero-order valence-electron chi connectivity index (χ0n) is 15.8. The number of amides is 1. The van der Waals surface area contributed by atoms with Crippen molar-refractivity contribution in [2.45, 2.75) is 39.5 Å². The predicted molar refractivity (Wildman–Crippen MR) is 99.7 cm³/mol. The van der Waals surface area contributed by atoms with Crippen molar-refractivity contribution in [3.05, 3.63) is 46.0 Å². The Morgan fingerprint density at radius 2 is 2.00 bits per heavy atom. The van der Waals surface area contributed by atoms with Crippen molar-refractivity contribution in [3.8, 4) is 5.95 Å². The second kappa shape index (κ2) is 8.20. The molecule has 0 bridgehead atoms. The van der Waals surface area contributed by atoms with Gasteiger partial charge in [0.2, 0.25) is 11.9 Å². The number of allylic oxidation sites excluding steroid dienone is 2. The van der Waals surface area contributed by atoms with Crippen LogP contribution in [0.15, 0.2) is 29.1 Å². The van der Waals surface area contributed by atoms with E-state index in [0.717, 1.165) is 6.42 Å². The number of hydrogen-bond acceptors (Lipinski definition) is 6. The Morgan fingerprint density at radius 1 is 1.29 bits per heavy atom. The summed E-state index contributed by atoms with van der Waals surface area (Å²) >= 11 is 0. The summed E-state index contributed by atoms with van der Waals surface area (Å²) in [4.78, 5) is 43.1. The Hall–Kier alpha value is -3.23. The minimum absolute atomic E-state index is 0.194. The maximum Gasteiger partial charge on any atom is 0.252 e. The van der Waals surface area contributed by atoms with E-state index in [1.807, 2.05) is 6.92 Å². The Morgan fingerprint density at radius 3 is 2.68 bits per heavy atom. The standard InChI is InChI=1S/C19H23N5O4/c1-3-6-12-10-16(25)22-19(20-12)24-15(9-11(2)23-24)21-17(26)13-7-4-5-8-14(13)18(27)28/h4-5,9-10,13-14H,3,6-8H2,1-2H3,(H,21,26)(H,27,28)(H,20,22,25)/p-1/t13-,14+/m0/s1. The number of nitrogens with zero attached hydrogens (tertiary/aromatic N) is 3. The van der Waals surface area contributed by atoms with Gasteiger partial charge in [0.15, 0.2) is 0 Å². The van der Waals surface area contributed by atoms with Crippen molar-refractivity contribution in [2.75, 3.05) is 5.32 Å². The molecule has 9 nitrogen and oxygen atoms in total. The number of carboxylic acids is 1. The molecule has 1 aliphatic rings. The van der Waals surface area contributed by atoms with Crippen LogP contribution in [0.25, 0.3) is 5.95 Å². The van der Waals surface area contributed by atoms with E-state index < -0.39 is 23.7 Å². The maximum absolute atomic E-state index is 12.7. The first kappa shape index (κ1) is 19.5. The lowest BCUT2D eigenvalue weighted by atomic mass is 9.82. The average Bonchev–Trinajstić information content (AvgIpc) is 3.01. The number of carboxylic acid groups (broad SMARTS) is 1. The van der Waals surface area contributed by atoms with Gasteiger partial charge in [0.25, 0.3) is 5.56 Å². The molecule has 28 heavy (non-hydrogen) atoms. The molecule has 0 spiro atoms. The van der Waals surface area contributed by atoms with Crippen LogP contribution >= 0.6 is 0 Å². The predicted octanol–water partition coefficient (Wildman–Crippen LogP) is 0.487. The molecule has 2 atom stereocenters. The van der Waals surface area contributed by atoms with E-state index in [-0.39, 0.29) is 17.9 Å². The fraction of sp³-hybridized carbons (Fsp3) is 0.421. The summed E-state index contributed by atoms with van der Waals surface area (Å²) in [6.07, 6.45) is 5.58. The van der Waals surface area contributed by atoms with Gasteiger partial charge in [-0.15, -0.1) is 0 Å². The number of hydrogen-bond donors (Lipinski definition) is 2. The van der Waals surface area contributed by atoms with Gasteiger partial charge >= 0.3 is 0 Å². The first-order chi connectivity index (χ1) is 13.4. The monoisotopic (exact) mass is 384 g/mol. The van der Waals surface area contributed by atoms with Crippen molar-refractivity contribution in [2.24, 2.45) is 11.8 Å². The largest absolute Gasteiger partial charge is 0.550 e. The van der Waals surface area contributed by atoms with E-state index in [9.17, 15) is 19.5 Å². The summed E-state index contributed by atoms with van der Waals surface area (Å²) in [5.74, 6) is -2.80. The highest BCUT2D eigenvalue weighted by Gasteiger charge is 2.30. The van der Waals surface area contributed by atoms with Crippen LogP contribution in [-0.2, 0) is 16.0 Å². The third-order valence-electron chi connectivity index (χ3n) is 4.64. The van der Waals surface area contributed by atoms with Crippen LogP contribution in [0.3, 0.4) is 0 Å². The minimum atomic E-state index is -1.24. The average molecular weight is 384 g/mol. The highest BCUT2D eigenvalue weighted by Crippen LogP contribution is 2.27. The van der Waals surface area contributed by atoms with Crippen LogP contribution in [0.2, 0.25) is 0 Å². The summed E-state index contributed by atoms with van der Waals surface area (Å²) in [6.45, 7) is 3.73. The molecule has 0 aliphatic heterocycles. The van der Waals surface area contributed by atoms with Gasteiger partial charge in [0.05, 0.1) is 11.6 Å². The van der Waals surface area contributed by atoms with Gasteiger partial charge in [0, 0.05) is 29.7 Å². The van der Waals surface area contributed by atoms with Crippen LogP contribution in [0.4, 0.5) is 5.82 Å². The molecule has 148 valence electrons. The number of aryl methyl sites for hydroxylation is 2. The van der Waals surface area contributed by atoms with E-state index in [4.69, 9.17) is 0 Å². The molecule has 0 aromatic carbocycles. The molecule has 0 radical (unpaired) electrons. The van der Waals surface area contributed by atoms with E-state index in [0.29, 0.717) is 30.0 Å². The lowest BCUT2D eigenvalue weighted by Gasteiger charge is -2.28. The summed E-state index contributed by atoms with van der Waals surface area (Å²) in [6, 6.07) is 3.07. The van der Waals surface area contributed by atoms with Gasteiger partial charge < -0.3 is 15.2 Å². The third-order valence-corrected chi connectivity index (χ3v) is 4.64. The summed E-state index contributed by atoms with van der Waals surface area (Å²) < 4.78 is 1.35. The van der Waals surface area contributed by atoms with Gasteiger partial charge in [-0.1, -0.05) is 25.5 Å². The number of anilines is 1. The van der Waals surface area contributed by atoms with Crippen molar-refractivity contribution in [1.29, 1.82) is 0 Å². The molecule has 0 saturated carbocycles. The highest BCUT2D eigenvalue weighted by molar-refractivity contribution is 5.94. The number of aromatic nitrogens is 4. The second-order valence-corrected chi connectivity index (χ2v) is 6.86. The van der Waals surface area contributed by atoms with Gasteiger partial charge in [-0.25, -0.2) is 4.98 Å². The first-order valence-corrected chi connectivity index (χ1v) is 9.23. The van der Waals surface area contributed by atoms with E-state index in [1.165, 1.54) is 10.7 Å². The molecule has 0 saturated heterocycles. The Bertz CT molecular complexity index is 975. The topological polar surface area (TPSA) is 133 Å². The van der Waals surface area contributed by atoms with Crippen LogP contribution in [0.1, 0.15) is 37.6 Å². The lowest BCUT2D eigenvalue weighted by molar-refractivity contribution is -0.313. The number of carbonyl (C=O) groups is 2. The number of aromatic amines is 1. The summed E-state index contributed by atoms with van der Waals surface area (Å²) in [7, 11) is 0. The minimum Gasteiger partial charge on any atom is -0.550 e.